The molecule has 24 heavy (non-hydrogen) atoms. The highest BCUT2D eigenvalue weighted by molar-refractivity contribution is 8.18. The lowest BCUT2D eigenvalue weighted by molar-refractivity contribution is -0.113. The maximum atomic E-state index is 12.2. The summed E-state index contributed by atoms with van der Waals surface area (Å²) in [6.45, 7) is 10.5. The molecule has 0 saturated carbocycles. The van der Waals surface area contributed by atoms with E-state index in [1.165, 1.54) is 17.3 Å². The van der Waals surface area contributed by atoms with E-state index in [-0.39, 0.29) is 11.3 Å². The van der Waals surface area contributed by atoms with Crippen LogP contribution >= 0.6 is 11.8 Å². The molecule has 0 aromatic heterocycles. The Hall–Kier alpha value is -1.59. The summed E-state index contributed by atoms with van der Waals surface area (Å²) in [6.07, 6.45) is 1.95. The molecule has 0 bridgehead atoms. The zero-order valence-corrected chi connectivity index (χ0v) is 15.7. The second kappa shape index (κ2) is 6.73. The Kier molecular flexibility index (Phi) is 4.83. The van der Waals surface area contributed by atoms with Crippen molar-refractivity contribution < 1.29 is 4.79 Å². The second-order valence-corrected chi connectivity index (χ2v) is 8.48. The summed E-state index contributed by atoms with van der Waals surface area (Å²) in [5, 5.41) is 0.852. The molecule has 0 radical (unpaired) electrons. The summed E-state index contributed by atoms with van der Waals surface area (Å²) < 4.78 is 0. The Balaban J connectivity index is 1.70. The molecular formula is C19H25N3OS. The van der Waals surface area contributed by atoms with Gasteiger partial charge in [-0.05, 0) is 41.4 Å². The molecule has 0 spiro atoms. The van der Waals surface area contributed by atoms with Crippen LogP contribution in [0.15, 0.2) is 34.2 Å². The zero-order valence-electron chi connectivity index (χ0n) is 14.9. The van der Waals surface area contributed by atoms with Crippen molar-refractivity contribution in [1.29, 1.82) is 0 Å². The molecule has 1 aromatic carbocycles. The molecule has 4 nitrogen and oxygen atoms in total. The molecule has 2 heterocycles. The number of hydrogen-bond donors (Lipinski definition) is 0. The highest BCUT2D eigenvalue weighted by Crippen LogP contribution is 2.31. The van der Waals surface area contributed by atoms with Gasteiger partial charge in [0.25, 0.3) is 5.91 Å². The Bertz CT molecular complexity index is 678. The first-order valence-corrected chi connectivity index (χ1v) is 9.21. The number of hydrogen-bond acceptors (Lipinski definition) is 4. The van der Waals surface area contributed by atoms with Gasteiger partial charge >= 0.3 is 0 Å². The molecule has 0 unspecified atom stereocenters. The SMILES string of the molecule is CN1CCN(C2=NC(=O)/C(=C/c3ccc(C(C)(C)C)cc3)S2)CC1. The van der Waals surface area contributed by atoms with Crippen LogP contribution in [0.25, 0.3) is 6.08 Å². The summed E-state index contributed by atoms with van der Waals surface area (Å²) in [5.74, 6) is -0.117. The van der Waals surface area contributed by atoms with Crippen molar-refractivity contribution in [3.63, 3.8) is 0 Å². The van der Waals surface area contributed by atoms with Crippen LogP contribution in [0.4, 0.5) is 0 Å². The molecule has 0 N–H and O–H groups in total. The number of piperazine rings is 1. The van der Waals surface area contributed by atoms with Crippen LogP contribution in [-0.2, 0) is 10.2 Å². The molecule has 128 valence electrons. The Labute approximate surface area is 148 Å². The number of rotatable bonds is 1. The average molecular weight is 343 g/mol. The first-order valence-electron chi connectivity index (χ1n) is 8.39. The van der Waals surface area contributed by atoms with Gasteiger partial charge in [0.05, 0.1) is 4.91 Å². The number of nitrogens with zero attached hydrogens (tertiary/aromatic N) is 3. The zero-order chi connectivity index (χ0) is 17.3. The van der Waals surface area contributed by atoms with E-state index in [1.807, 2.05) is 6.08 Å². The number of aliphatic imine (C=N–C) groups is 1. The fourth-order valence-corrected chi connectivity index (χ4v) is 3.73. The summed E-state index contributed by atoms with van der Waals surface area (Å²) in [7, 11) is 2.12. The number of amides is 1. The van der Waals surface area contributed by atoms with Gasteiger partial charge in [0.15, 0.2) is 5.17 Å². The van der Waals surface area contributed by atoms with E-state index in [2.05, 4.69) is 66.9 Å². The predicted octanol–water partition coefficient (Wildman–Crippen LogP) is 3.20. The van der Waals surface area contributed by atoms with Crippen LogP contribution in [0.3, 0.4) is 0 Å². The Morgan fingerprint density at radius 1 is 1.08 bits per heavy atom. The van der Waals surface area contributed by atoms with Crippen molar-refractivity contribution in [3.05, 3.63) is 40.3 Å². The van der Waals surface area contributed by atoms with Crippen molar-refractivity contribution in [2.24, 2.45) is 4.99 Å². The number of carbonyl (C=O) groups is 1. The highest BCUT2D eigenvalue weighted by atomic mass is 32.2. The molecule has 0 aliphatic carbocycles. The fraction of sp³-hybridized carbons (Fsp3) is 0.474. The number of amidine groups is 1. The minimum absolute atomic E-state index is 0.117. The number of benzene rings is 1. The fourth-order valence-electron chi connectivity index (χ4n) is 2.76. The van der Waals surface area contributed by atoms with Crippen LogP contribution in [0, 0.1) is 0 Å². The normalized spacial score (nSPS) is 21.5. The van der Waals surface area contributed by atoms with Crippen molar-refractivity contribution in [3.8, 4) is 0 Å². The van der Waals surface area contributed by atoms with E-state index in [0.717, 1.165) is 36.9 Å². The summed E-state index contributed by atoms with van der Waals surface area (Å²) >= 11 is 1.50. The highest BCUT2D eigenvalue weighted by Gasteiger charge is 2.27. The largest absolute Gasteiger partial charge is 0.348 e. The van der Waals surface area contributed by atoms with E-state index in [4.69, 9.17) is 0 Å². The van der Waals surface area contributed by atoms with Crippen molar-refractivity contribution in [1.82, 2.24) is 9.80 Å². The van der Waals surface area contributed by atoms with Gasteiger partial charge in [-0.25, -0.2) is 0 Å². The van der Waals surface area contributed by atoms with Gasteiger partial charge in [-0.2, -0.15) is 4.99 Å². The Morgan fingerprint density at radius 2 is 1.71 bits per heavy atom. The van der Waals surface area contributed by atoms with Gasteiger partial charge in [0, 0.05) is 26.2 Å². The minimum atomic E-state index is -0.117. The molecule has 3 rings (SSSR count). The van der Waals surface area contributed by atoms with E-state index < -0.39 is 0 Å². The number of thioether (sulfide) groups is 1. The van der Waals surface area contributed by atoms with Crippen LogP contribution in [0.2, 0.25) is 0 Å². The van der Waals surface area contributed by atoms with Crippen molar-refractivity contribution >= 4 is 28.9 Å². The van der Waals surface area contributed by atoms with Gasteiger partial charge in [-0.3, -0.25) is 4.79 Å². The Morgan fingerprint density at radius 3 is 2.29 bits per heavy atom. The quantitative estimate of drug-likeness (QED) is 0.734. The monoisotopic (exact) mass is 343 g/mol. The summed E-state index contributed by atoms with van der Waals surface area (Å²) in [5.41, 5.74) is 2.49. The van der Waals surface area contributed by atoms with Crippen LogP contribution in [-0.4, -0.2) is 54.1 Å². The van der Waals surface area contributed by atoms with Gasteiger partial charge in [0.2, 0.25) is 0 Å². The standard InChI is InChI=1S/C19H25N3OS/c1-19(2,3)15-7-5-14(6-8-15)13-16-17(23)20-18(24-16)22-11-9-21(4)10-12-22/h5-8,13H,9-12H2,1-4H3/b16-13-. The first kappa shape index (κ1) is 17.2. The third kappa shape index (κ3) is 3.90. The minimum Gasteiger partial charge on any atom is -0.348 e. The van der Waals surface area contributed by atoms with Crippen molar-refractivity contribution in [2.75, 3.05) is 33.2 Å². The summed E-state index contributed by atoms with van der Waals surface area (Å²) in [4.78, 5) is 21.7. The van der Waals surface area contributed by atoms with Gasteiger partial charge in [-0.1, -0.05) is 45.0 Å². The topological polar surface area (TPSA) is 35.9 Å². The van der Waals surface area contributed by atoms with Crippen LogP contribution < -0.4 is 0 Å². The van der Waals surface area contributed by atoms with Gasteiger partial charge < -0.3 is 9.80 Å². The van der Waals surface area contributed by atoms with Gasteiger partial charge in [0.1, 0.15) is 0 Å². The van der Waals surface area contributed by atoms with E-state index >= 15 is 0 Å². The molecular weight excluding hydrogens is 318 g/mol. The lowest BCUT2D eigenvalue weighted by Gasteiger charge is -2.32. The van der Waals surface area contributed by atoms with E-state index in [9.17, 15) is 4.79 Å². The molecule has 1 fully saturated rings. The lowest BCUT2D eigenvalue weighted by atomic mass is 9.87. The van der Waals surface area contributed by atoms with E-state index in [0.29, 0.717) is 4.91 Å². The molecule has 0 atom stereocenters. The van der Waals surface area contributed by atoms with Crippen LogP contribution in [0.1, 0.15) is 31.9 Å². The third-order valence-electron chi connectivity index (χ3n) is 4.46. The summed E-state index contributed by atoms with van der Waals surface area (Å²) in [6, 6.07) is 8.43. The number of carbonyl (C=O) groups excluding carboxylic acids is 1. The maximum absolute atomic E-state index is 12.2. The maximum Gasteiger partial charge on any atom is 0.286 e. The smallest absolute Gasteiger partial charge is 0.286 e. The predicted molar refractivity (Wildman–Crippen MR) is 102 cm³/mol. The second-order valence-electron chi connectivity index (χ2n) is 7.47. The molecule has 1 amide bonds. The molecule has 2 aliphatic rings. The van der Waals surface area contributed by atoms with Gasteiger partial charge in [-0.15, -0.1) is 0 Å². The lowest BCUT2D eigenvalue weighted by Crippen LogP contribution is -2.46. The molecule has 1 saturated heterocycles. The number of likely N-dealkylation sites (N-methyl/N-ethyl adjacent to an activating group) is 1. The van der Waals surface area contributed by atoms with E-state index in [1.54, 1.807) is 0 Å². The van der Waals surface area contributed by atoms with Crippen LogP contribution in [0.5, 0.6) is 0 Å². The average Bonchev–Trinajstić information content (AvgIpc) is 2.89. The third-order valence-corrected chi connectivity index (χ3v) is 5.50. The first-order chi connectivity index (χ1) is 11.3. The molecule has 2 aliphatic heterocycles. The van der Waals surface area contributed by atoms with Crippen molar-refractivity contribution in [2.45, 2.75) is 26.2 Å². The molecule has 5 heteroatoms. The molecule has 1 aromatic rings.